The standard InChI is InChI=1S/C18H34F2N2O3SSi/c1-16(2,3)24-15(23)22-14(26)21-12-9-10-18(19,20)13(11-12)25-27(7,8)17(4,5)6/h12-13H,9-11H2,1-8H3,(H2,21,22,23,26)/t12-,13-/m1/s1. The zero-order valence-electron chi connectivity index (χ0n) is 17.7. The SMILES string of the molecule is CC(C)(C)OC(=O)NC(=S)N[C@@H]1CCC(F)(F)[C@H](O[Si](C)(C)C(C)(C)C)C1. The summed E-state index contributed by atoms with van der Waals surface area (Å²) in [6.45, 7) is 15.2. The van der Waals surface area contributed by atoms with Gasteiger partial charge in [-0.3, -0.25) is 5.32 Å². The van der Waals surface area contributed by atoms with Crippen LogP contribution in [-0.2, 0) is 9.16 Å². The Hall–Kier alpha value is -0.803. The number of alkyl halides is 2. The van der Waals surface area contributed by atoms with Crippen molar-refractivity contribution >= 4 is 31.7 Å². The van der Waals surface area contributed by atoms with Crippen LogP contribution < -0.4 is 10.6 Å². The number of nitrogens with one attached hydrogen (secondary N) is 2. The van der Waals surface area contributed by atoms with Crippen molar-refractivity contribution < 1.29 is 22.7 Å². The summed E-state index contributed by atoms with van der Waals surface area (Å²) in [5.74, 6) is -2.87. The highest BCUT2D eigenvalue weighted by Gasteiger charge is 2.50. The van der Waals surface area contributed by atoms with Gasteiger partial charge in [0.05, 0.1) is 0 Å². The Labute approximate surface area is 168 Å². The van der Waals surface area contributed by atoms with Crippen molar-refractivity contribution in [1.82, 2.24) is 10.6 Å². The van der Waals surface area contributed by atoms with Gasteiger partial charge >= 0.3 is 6.09 Å². The summed E-state index contributed by atoms with van der Waals surface area (Å²) in [4.78, 5) is 11.8. The minimum absolute atomic E-state index is 0.0746. The molecule has 0 unspecified atom stereocenters. The molecular weight excluding hydrogens is 390 g/mol. The van der Waals surface area contributed by atoms with Gasteiger partial charge in [0.2, 0.25) is 0 Å². The largest absolute Gasteiger partial charge is 0.444 e. The zero-order valence-corrected chi connectivity index (χ0v) is 19.5. The molecule has 1 fully saturated rings. The number of carbonyl (C=O) groups excluding carboxylic acids is 1. The van der Waals surface area contributed by atoms with E-state index in [4.69, 9.17) is 21.4 Å². The molecule has 0 radical (unpaired) electrons. The Kier molecular flexibility index (Phi) is 7.44. The minimum Gasteiger partial charge on any atom is -0.444 e. The number of hydrogen-bond acceptors (Lipinski definition) is 4. The lowest BCUT2D eigenvalue weighted by molar-refractivity contribution is -0.129. The molecule has 158 valence electrons. The third-order valence-electron chi connectivity index (χ3n) is 4.99. The molecule has 1 saturated carbocycles. The average Bonchev–Trinajstić information content (AvgIpc) is 2.38. The molecule has 1 rings (SSSR count). The first-order valence-electron chi connectivity index (χ1n) is 9.29. The highest BCUT2D eigenvalue weighted by Crippen LogP contribution is 2.43. The van der Waals surface area contributed by atoms with Gasteiger partial charge in [0.15, 0.2) is 13.4 Å². The highest BCUT2D eigenvalue weighted by atomic mass is 32.1. The molecule has 9 heteroatoms. The Morgan fingerprint density at radius 1 is 1.19 bits per heavy atom. The van der Waals surface area contributed by atoms with E-state index in [-0.39, 0.29) is 35.5 Å². The summed E-state index contributed by atoms with van der Waals surface area (Å²) in [6, 6.07) is -0.290. The molecule has 2 atom stereocenters. The second-order valence-electron chi connectivity index (χ2n) is 9.70. The normalized spacial score (nSPS) is 23.5. The maximum Gasteiger partial charge on any atom is 0.413 e. The molecule has 0 bridgehead atoms. The second-order valence-corrected chi connectivity index (χ2v) is 14.9. The zero-order chi connectivity index (χ0) is 21.3. The number of thiocarbonyl (C=S) groups is 1. The van der Waals surface area contributed by atoms with E-state index in [2.05, 4.69) is 10.6 Å². The molecule has 1 aliphatic carbocycles. The second kappa shape index (κ2) is 8.29. The van der Waals surface area contributed by atoms with E-state index in [1.54, 1.807) is 20.8 Å². The van der Waals surface area contributed by atoms with Gasteiger partial charge in [-0.15, -0.1) is 0 Å². The van der Waals surface area contributed by atoms with Crippen LogP contribution in [0.3, 0.4) is 0 Å². The van der Waals surface area contributed by atoms with E-state index < -0.39 is 32.0 Å². The van der Waals surface area contributed by atoms with E-state index in [1.807, 2.05) is 33.9 Å². The maximum atomic E-state index is 14.4. The van der Waals surface area contributed by atoms with Crippen molar-refractivity contribution in [1.29, 1.82) is 0 Å². The van der Waals surface area contributed by atoms with Crippen LogP contribution >= 0.6 is 12.2 Å². The minimum atomic E-state index is -2.87. The Morgan fingerprint density at radius 2 is 1.74 bits per heavy atom. The van der Waals surface area contributed by atoms with Crippen molar-refractivity contribution in [3.63, 3.8) is 0 Å². The van der Waals surface area contributed by atoms with Crippen molar-refractivity contribution in [3.05, 3.63) is 0 Å². The Morgan fingerprint density at radius 3 is 2.22 bits per heavy atom. The average molecular weight is 425 g/mol. The van der Waals surface area contributed by atoms with Gasteiger partial charge in [-0.1, -0.05) is 20.8 Å². The summed E-state index contributed by atoms with van der Waals surface area (Å²) in [5.41, 5.74) is -0.644. The molecule has 1 aliphatic rings. The summed E-state index contributed by atoms with van der Waals surface area (Å²) in [6.07, 6.45) is -1.72. The molecule has 5 nitrogen and oxygen atoms in total. The van der Waals surface area contributed by atoms with Crippen molar-refractivity contribution in [2.75, 3.05) is 0 Å². The van der Waals surface area contributed by atoms with E-state index in [0.717, 1.165) is 0 Å². The van der Waals surface area contributed by atoms with Crippen LogP contribution in [0.15, 0.2) is 0 Å². The lowest BCUT2D eigenvalue weighted by atomic mass is 9.90. The summed E-state index contributed by atoms with van der Waals surface area (Å²) in [7, 11) is -2.33. The van der Waals surface area contributed by atoms with Gasteiger partial charge in [-0.2, -0.15) is 0 Å². The molecule has 2 N–H and O–H groups in total. The molecule has 1 amide bonds. The fourth-order valence-corrected chi connectivity index (χ4v) is 4.08. The van der Waals surface area contributed by atoms with Gasteiger partial charge < -0.3 is 14.5 Å². The van der Waals surface area contributed by atoms with Crippen LogP contribution in [0.25, 0.3) is 0 Å². The number of halogens is 2. The first-order chi connectivity index (χ1) is 11.9. The Balaban J connectivity index is 2.69. The number of rotatable bonds is 3. The maximum absolute atomic E-state index is 14.4. The van der Waals surface area contributed by atoms with Crippen LogP contribution in [0.1, 0.15) is 60.8 Å². The number of carbonyl (C=O) groups is 1. The molecule has 0 heterocycles. The van der Waals surface area contributed by atoms with Gasteiger partial charge in [-0.25, -0.2) is 13.6 Å². The molecular formula is C18H34F2N2O3SSi. The van der Waals surface area contributed by atoms with Crippen LogP contribution in [0.2, 0.25) is 18.1 Å². The van der Waals surface area contributed by atoms with E-state index in [1.165, 1.54) is 0 Å². The lowest BCUT2D eigenvalue weighted by Gasteiger charge is -2.44. The van der Waals surface area contributed by atoms with Crippen LogP contribution in [0.4, 0.5) is 13.6 Å². The summed E-state index contributed by atoms with van der Waals surface area (Å²) >= 11 is 5.12. The first-order valence-corrected chi connectivity index (χ1v) is 12.6. The summed E-state index contributed by atoms with van der Waals surface area (Å²) in [5, 5.41) is 5.30. The number of amides is 1. The number of ether oxygens (including phenoxy) is 1. The van der Waals surface area contributed by atoms with Gasteiger partial charge in [0.25, 0.3) is 5.92 Å². The molecule has 0 saturated heterocycles. The molecule has 0 spiro atoms. The lowest BCUT2D eigenvalue weighted by Crippen LogP contribution is -2.55. The molecule has 0 aromatic heterocycles. The van der Waals surface area contributed by atoms with Crippen molar-refractivity contribution in [2.24, 2.45) is 0 Å². The van der Waals surface area contributed by atoms with Crippen LogP contribution in [0, 0.1) is 0 Å². The predicted octanol–water partition coefficient (Wildman–Crippen LogP) is 4.96. The third-order valence-corrected chi connectivity index (χ3v) is 9.69. The smallest absolute Gasteiger partial charge is 0.413 e. The van der Waals surface area contributed by atoms with Crippen molar-refractivity contribution in [3.8, 4) is 0 Å². The molecule has 0 aromatic rings. The topological polar surface area (TPSA) is 59.6 Å². The van der Waals surface area contributed by atoms with Crippen LogP contribution in [0.5, 0.6) is 0 Å². The quantitative estimate of drug-likeness (QED) is 0.495. The van der Waals surface area contributed by atoms with Gasteiger partial charge in [-0.05, 0) is 64.0 Å². The number of hydrogen-bond donors (Lipinski definition) is 2. The van der Waals surface area contributed by atoms with E-state index >= 15 is 0 Å². The third kappa shape index (κ3) is 7.61. The van der Waals surface area contributed by atoms with E-state index in [9.17, 15) is 13.6 Å². The highest BCUT2D eigenvalue weighted by molar-refractivity contribution is 7.80. The fraction of sp³-hybridized carbons (Fsp3) is 0.889. The van der Waals surface area contributed by atoms with E-state index in [0.29, 0.717) is 0 Å². The monoisotopic (exact) mass is 424 g/mol. The predicted molar refractivity (Wildman–Crippen MR) is 110 cm³/mol. The molecule has 0 aromatic carbocycles. The van der Waals surface area contributed by atoms with Gasteiger partial charge in [0, 0.05) is 12.5 Å². The van der Waals surface area contributed by atoms with Crippen LogP contribution in [-0.4, -0.2) is 43.2 Å². The van der Waals surface area contributed by atoms with Gasteiger partial charge in [0.1, 0.15) is 11.7 Å². The first kappa shape index (κ1) is 24.2. The fourth-order valence-electron chi connectivity index (χ4n) is 2.49. The van der Waals surface area contributed by atoms with Crippen molar-refractivity contribution in [2.45, 2.75) is 103 Å². The molecule has 27 heavy (non-hydrogen) atoms. The molecule has 0 aliphatic heterocycles. The summed E-state index contributed by atoms with van der Waals surface area (Å²) < 4.78 is 40.0. The Bertz CT molecular complexity index is 560. The number of alkyl carbamates (subject to hydrolysis) is 1.